The van der Waals surface area contributed by atoms with Gasteiger partial charge < -0.3 is 20.4 Å². The summed E-state index contributed by atoms with van der Waals surface area (Å²) in [6.45, 7) is 6.85. The smallest absolute Gasteiger partial charge is 0.303 e. The number of rotatable bonds is 18. The van der Waals surface area contributed by atoms with Gasteiger partial charge in [0, 0.05) is 26.1 Å². The maximum absolute atomic E-state index is 10.1. The van der Waals surface area contributed by atoms with Crippen molar-refractivity contribution in [3.8, 4) is 0 Å². The van der Waals surface area contributed by atoms with E-state index >= 15 is 0 Å². The van der Waals surface area contributed by atoms with E-state index in [-0.39, 0.29) is 13.2 Å². The number of hydrogen-bond acceptors (Lipinski definition) is 4. The van der Waals surface area contributed by atoms with E-state index in [1.54, 1.807) is 0 Å². The van der Waals surface area contributed by atoms with E-state index in [1.165, 1.54) is 51.4 Å². The van der Waals surface area contributed by atoms with Crippen LogP contribution in [-0.4, -0.2) is 45.6 Å². The zero-order valence-corrected chi connectivity index (χ0v) is 19.9. The average Bonchev–Trinajstić information content (AvgIpc) is 2.68. The zero-order valence-electron chi connectivity index (χ0n) is 19.9. The average molecular weight is 435 g/mol. The Hall–Kier alpha value is -1.14. The van der Waals surface area contributed by atoms with Crippen LogP contribution in [0.1, 0.15) is 124 Å². The van der Waals surface area contributed by atoms with Gasteiger partial charge in [-0.2, -0.15) is 0 Å². The number of aliphatic hydroxyl groups excluding tert-OH is 2. The number of carboxylic acids is 2. The molecule has 0 aliphatic carbocycles. The fraction of sp³-hybridized carbons (Fsp3) is 0.917. The summed E-state index contributed by atoms with van der Waals surface area (Å²) in [5, 5.41) is 33.4. The highest BCUT2D eigenvalue weighted by Gasteiger charge is 1.97. The monoisotopic (exact) mass is 434 g/mol. The highest BCUT2D eigenvalue weighted by molar-refractivity contribution is 5.66. The van der Waals surface area contributed by atoms with Crippen LogP contribution in [0, 0.1) is 5.92 Å². The Labute approximate surface area is 185 Å². The molecule has 0 amide bonds. The van der Waals surface area contributed by atoms with Crippen LogP contribution in [0.2, 0.25) is 0 Å². The van der Waals surface area contributed by atoms with Crippen molar-refractivity contribution in [3.05, 3.63) is 0 Å². The van der Waals surface area contributed by atoms with Gasteiger partial charge in [0.15, 0.2) is 0 Å². The maximum atomic E-state index is 10.1. The predicted molar refractivity (Wildman–Crippen MR) is 124 cm³/mol. The van der Waals surface area contributed by atoms with Crippen molar-refractivity contribution >= 4 is 11.9 Å². The molecule has 0 saturated heterocycles. The van der Waals surface area contributed by atoms with Gasteiger partial charge in [-0.15, -0.1) is 0 Å². The SMILES string of the molecule is CC(CCO)CCO.CCCCCCCCC(=O)O.CCCCCCCCC(=O)O. The Morgan fingerprint density at radius 1 is 0.600 bits per heavy atom. The van der Waals surface area contributed by atoms with Crippen LogP contribution >= 0.6 is 0 Å². The normalized spacial score (nSPS) is 10.1. The summed E-state index contributed by atoms with van der Waals surface area (Å²) in [4.78, 5) is 20.2. The van der Waals surface area contributed by atoms with Crippen molar-refractivity contribution in [3.63, 3.8) is 0 Å². The van der Waals surface area contributed by atoms with Gasteiger partial charge >= 0.3 is 11.9 Å². The lowest BCUT2D eigenvalue weighted by Gasteiger charge is -2.04. The van der Waals surface area contributed by atoms with E-state index < -0.39 is 11.9 Å². The van der Waals surface area contributed by atoms with Crippen molar-refractivity contribution in [2.24, 2.45) is 5.92 Å². The van der Waals surface area contributed by atoms with Crippen molar-refractivity contribution in [1.29, 1.82) is 0 Å². The molecule has 0 aromatic carbocycles. The van der Waals surface area contributed by atoms with Gasteiger partial charge in [0.05, 0.1) is 0 Å². The first-order valence-corrected chi connectivity index (χ1v) is 12.0. The van der Waals surface area contributed by atoms with E-state index in [0.29, 0.717) is 18.8 Å². The molecule has 0 aliphatic rings. The number of aliphatic hydroxyl groups is 2. The summed E-state index contributed by atoms with van der Waals surface area (Å²) in [7, 11) is 0. The number of hydrogen-bond donors (Lipinski definition) is 4. The molecule has 30 heavy (non-hydrogen) atoms. The van der Waals surface area contributed by atoms with E-state index in [2.05, 4.69) is 13.8 Å². The van der Waals surface area contributed by atoms with Gasteiger partial charge in [-0.05, 0) is 31.6 Å². The molecular formula is C24H50O6. The Kier molecular flexibility index (Phi) is 33.6. The molecule has 0 fully saturated rings. The number of unbranched alkanes of at least 4 members (excludes halogenated alkanes) is 10. The molecule has 182 valence electrons. The topological polar surface area (TPSA) is 115 Å². The molecule has 0 saturated carbocycles. The third-order valence-electron chi connectivity index (χ3n) is 4.73. The number of carbonyl (C=O) groups is 2. The molecule has 0 aromatic heterocycles. The molecule has 0 bridgehead atoms. The first kappa shape index (κ1) is 33.5. The lowest BCUT2D eigenvalue weighted by molar-refractivity contribution is -0.138. The molecule has 0 heterocycles. The molecule has 6 heteroatoms. The summed E-state index contributed by atoms with van der Waals surface area (Å²) in [6, 6.07) is 0. The molecule has 0 unspecified atom stereocenters. The quantitative estimate of drug-likeness (QED) is 0.196. The van der Waals surface area contributed by atoms with Crippen LogP contribution in [0.4, 0.5) is 0 Å². The first-order valence-electron chi connectivity index (χ1n) is 12.0. The van der Waals surface area contributed by atoms with Crippen LogP contribution in [-0.2, 0) is 9.59 Å². The van der Waals surface area contributed by atoms with E-state index in [9.17, 15) is 9.59 Å². The first-order chi connectivity index (χ1) is 14.3. The molecule has 0 radical (unpaired) electrons. The summed E-state index contributed by atoms with van der Waals surface area (Å²) < 4.78 is 0. The Morgan fingerprint density at radius 3 is 1.17 bits per heavy atom. The van der Waals surface area contributed by atoms with E-state index in [1.807, 2.05) is 6.92 Å². The molecular weight excluding hydrogens is 384 g/mol. The number of carboxylic acid groups (broad SMARTS) is 2. The summed E-state index contributed by atoms with van der Waals surface area (Å²) in [6.07, 6.45) is 16.1. The van der Waals surface area contributed by atoms with Gasteiger partial charge in [-0.25, -0.2) is 0 Å². The molecule has 4 N–H and O–H groups in total. The molecule has 0 atom stereocenters. The third-order valence-corrected chi connectivity index (χ3v) is 4.73. The van der Waals surface area contributed by atoms with Gasteiger partial charge in [0.25, 0.3) is 0 Å². The maximum Gasteiger partial charge on any atom is 0.303 e. The fourth-order valence-corrected chi connectivity index (χ4v) is 2.70. The van der Waals surface area contributed by atoms with Gasteiger partial charge in [0.1, 0.15) is 0 Å². The summed E-state index contributed by atoms with van der Waals surface area (Å²) in [5.41, 5.74) is 0. The van der Waals surface area contributed by atoms with Gasteiger partial charge in [-0.3, -0.25) is 9.59 Å². The van der Waals surface area contributed by atoms with Crippen LogP contribution in [0.25, 0.3) is 0 Å². The van der Waals surface area contributed by atoms with Gasteiger partial charge in [-0.1, -0.05) is 85.0 Å². The molecule has 0 rings (SSSR count). The lowest BCUT2D eigenvalue weighted by atomic mass is 10.1. The minimum Gasteiger partial charge on any atom is -0.481 e. The molecule has 0 spiro atoms. The Morgan fingerprint density at radius 2 is 0.900 bits per heavy atom. The Balaban J connectivity index is -0.000000370. The van der Waals surface area contributed by atoms with Crippen molar-refractivity contribution in [2.45, 2.75) is 124 Å². The van der Waals surface area contributed by atoms with E-state index in [0.717, 1.165) is 38.5 Å². The second-order valence-electron chi connectivity index (χ2n) is 7.95. The Bertz CT molecular complexity index is 315. The molecule has 6 nitrogen and oxygen atoms in total. The zero-order chi connectivity index (χ0) is 23.5. The van der Waals surface area contributed by atoms with Crippen LogP contribution in [0.3, 0.4) is 0 Å². The standard InChI is InChI=1S/2C9H18O2.C6H14O2/c2*1-2-3-4-5-6-7-8-9(10)11;1-6(2-4-7)3-5-8/h2*2-8H2,1H3,(H,10,11);6-8H,2-5H2,1H3. The van der Waals surface area contributed by atoms with Crippen molar-refractivity contribution < 1.29 is 30.0 Å². The summed E-state index contributed by atoms with van der Waals surface area (Å²) >= 11 is 0. The van der Waals surface area contributed by atoms with E-state index in [4.69, 9.17) is 20.4 Å². The minimum atomic E-state index is -0.666. The summed E-state index contributed by atoms with van der Waals surface area (Å²) in [5.74, 6) is -0.869. The highest BCUT2D eigenvalue weighted by atomic mass is 16.4. The van der Waals surface area contributed by atoms with Crippen LogP contribution in [0.15, 0.2) is 0 Å². The lowest BCUT2D eigenvalue weighted by Crippen LogP contribution is -1.99. The van der Waals surface area contributed by atoms with Crippen LogP contribution < -0.4 is 0 Å². The predicted octanol–water partition coefficient (Wildman–Crippen LogP) is 6.03. The second-order valence-corrected chi connectivity index (χ2v) is 7.95. The third kappa shape index (κ3) is 41.3. The molecule has 0 aromatic rings. The van der Waals surface area contributed by atoms with Crippen molar-refractivity contribution in [1.82, 2.24) is 0 Å². The van der Waals surface area contributed by atoms with Gasteiger partial charge in [0.2, 0.25) is 0 Å². The largest absolute Gasteiger partial charge is 0.481 e. The molecule has 0 aliphatic heterocycles. The second kappa shape index (κ2) is 30.1. The number of aliphatic carboxylic acids is 2. The highest BCUT2D eigenvalue weighted by Crippen LogP contribution is 2.07. The van der Waals surface area contributed by atoms with Crippen LogP contribution in [0.5, 0.6) is 0 Å². The minimum absolute atomic E-state index is 0.237. The fourth-order valence-electron chi connectivity index (χ4n) is 2.70. The van der Waals surface area contributed by atoms with Crippen molar-refractivity contribution in [2.75, 3.05) is 13.2 Å².